The molecule has 0 radical (unpaired) electrons. The number of nitrogens with two attached hydrogens (primary N) is 1. The number of thiophene rings is 1. The summed E-state index contributed by atoms with van der Waals surface area (Å²) < 4.78 is 0. The highest BCUT2D eigenvalue weighted by Crippen LogP contribution is 2.21. The van der Waals surface area contributed by atoms with Crippen LogP contribution in [0.5, 0.6) is 0 Å². The first-order valence-corrected chi connectivity index (χ1v) is 4.40. The number of hydrogen-bond acceptors (Lipinski definition) is 2. The summed E-state index contributed by atoms with van der Waals surface area (Å²) in [4.78, 5) is 2.71. The lowest BCUT2D eigenvalue weighted by atomic mass is 10.3. The van der Waals surface area contributed by atoms with Crippen molar-refractivity contribution in [3.8, 4) is 0 Å². The highest BCUT2D eigenvalue weighted by Gasteiger charge is 2.01. The van der Waals surface area contributed by atoms with Crippen LogP contribution in [0.25, 0.3) is 0 Å². The molecule has 1 rings (SSSR count). The van der Waals surface area contributed by atoms with Gasteiger partial charge in [0, 0.05) is 15.8 Å². The largest absolute Gasteiger partial charge is 0.324 e. The fourth-order valence-corrected chi connectivity index (χ4v) is 1.73. The van der Waals surface area contributed by atoms with E-state index in [4.69, 9.17) is 5.73 Å². The van der Waals surface area contributed by atoms with Gasteiger partial charge in [-0.15, -0.1) is 23.7 Å². The van der Waals surface area contributed by atoms with E-state index in [9.17, 15) is 0 Å². The monoisotopic (exact) mass is 191 g/mol. The Labute approximate surface area is 78.0 Å². The Morgan fingerprint density at radius 1 is 1.55 bits per heavy atom. The summed E-state index contributed by atoms with van der Waals surface area (Å²) in [6, 6.07) is 4.47. The van der Waals surface area contributed by atoms with Crippen molar-refractivity contribution in [2.45, 2.75) is 26.3 Å². The van der Waals surface area contributed by atoms with Crippen LogP contribution in [0.2, 0.25) is 0 Å². The SMILES string of the molecule is CCc1ccc([C@@H](C)N)s1.Cl. The van der Waals surface area contributed by atoms with E-state index >= 15 is 0 Å². The molecule has 0 aromatic carbocycles. The Balaban J connectivity index is 0.000001000. The number of halogens is 1. The van der Waals surface area contributed by atoms with E-state index in [1.54, 1.807) is 0 Å². The fourth-order valence-electron chi connectivity index (χ4n) is 0.829. The summed E-state index contributed by atoms with van der Waals surface area (Å²) in [5.74, 6) is 0. The van der Waals surface area contributed by atoms with E-state index in [2.05, 4.69) is 19.1 Å². The molecule has 11 heavy (non-hydrogen) atoms. The molecule has 0 amide bonds. The predicted octanol–water partition coefficient (Wildman–Crippen LogP) is 2.75. The first-order chi connectivity index (χ1) is 4.74. The molecular formula is C8H14ClNS. The molecule has 0 fully saturated rings. The lowest BCUT2D eigenvalue weighted by Gasteiger charge is -1.97. The van der Waals surface area contributed by atoms with Crippen molar-refractivity contribution < 1.29 is 0 Å². The van der Waals surface area contributed by atoms with E-state index in [0.29, 0.717) is 0 Å². The molecule has 64 valence electrons. The smallest absolute Gasteiger partial charge is 0.0361 e. The molecule has 1 aromatic rings. The van der Waals surface area contributed by atoms with Crippen molar-refractivity contribution in [3.05, 3.63) is 21.9 Å². The van der Waals surface area contributed by atoms with Crippen molar-refractivity contribution >= 4 is 23.7 Å². The lowest BCUT2D eigenvalue weighted by molar-refractivity contribution is 0.838. The third kappa shape index (κ3) is 2.81. The Bertz CT molecular complexity index is 208. The molecule has 0 bridgehead atoms. The molecule has 1 heterocycles. The molecule has 1 atom stereocenters. The van der Waals surface area contributed by atoms with Crippen LogP contribution in [-0.2, 0) is 6.42 Å². The quantitative estimate of drug-likeness (QED) is 0.765. The lowest BCUT2D eigenvalue weighted by Crippen LogP contribution is -2.01. The molecule has 0 unspecified atom stereocenters. The van der Waals surface area contributed by atoms with Gasteiger partial charge in [-0.1, -0.05) is 6.92 Å². The Hall–Kier alpha value is -0.0500. The molecule has 3 heteroatoms. The molecule has 0 saturated heterocycles. The molecule has 0 aliphatic carbocycles. The molecule has 0 spiro atoms. The van der Waals surface area contributed by atoms with Crippen molar-refractivity contribution in [2.75, 3.05) is 0 Å². The van der Waals surface area contributed by atoms with Gasteiger partial charge >= 0.3 is 0 Å². The van der Waals surface area contributed by atoms with Gasteiger partial charge in [0.15, 0.2) is 0 Å². The van der Waals surface area contributed by atoms with E-state index in [1.807, 2.05) is 18.3 Å². The van der Waals surface area contributed by atoms with Crippen LogP contribution in [0.1, 0.15) is 29.6 Å². The van der Waals surface area contributed by atoms with Crippen molar-refractivity contribution in [3.63, 3.8) is 0 Å². The first-order valence-electron chi connectivity index (χ1n) is 3.58. The third-order valence-electron chi connectivity index (χ3n) is 1.48. The highest BCUT2D eigenvalue weighted by molar-refractivity contribution is 7.12. The van der Waals surface area contributed by atoms with E-state index in [0.717, 1.165) is 6.42 Å². The number of aryl methyl sites for hydroxylation is 1. The van der Waals surface area contributed by atoms with Crippen LogP contribution in [0.15, 0.2) is 12.1 Å². The maximum Gasteiger partial charge on any atom is 0.0361 e. The fraction of sp³-hybridized carbons (Fsp3) is 0.500. The normalized spacial score (nSPS) is 12.3. The zero-order valence-corrected chi connectivity index (χ0v) is 8.47. The second kappa shape index (κ2) is 4.75. The molecular weight excluding hydrogens is 178 g/mol. The van der Waals surface area contributed by atoms with E-state index < -0.39 is 0 Å². The highest BCUT2D eigenvalue weighted by atomic mass is 35.5. The minimum atomic E-state index is 0. The van der Waals surface area contributed by atoms with E-state index in [-0.39, 0.29) is 18.4 Å². The topological polar surface area (TPSA) is 26.0 Å². The van der Waals surface area contributed by atoms with Crippen molar-refractivity contribution in [2.24, 2.45) is 5.73 Å². The summed E-state index contributed by atoms with van der Waals surface area (Å²) in [7, 11) is 0. The van der Waals surface area contributed by atoms with Gasteiger partial charge in [-0.2, -0.15) is 0 Å². The van der Waals surface area contributed by atoms with Crippen LogP contribution < -0.4 is 5.73 Å². The van der Waals surface area contributed by atoms with Gasteiger partial charge in [0.25, 0.3) is 0 Å². The van der Waals surface area contributed by atoms with Crippen LogP contribution in [0.4, 0.5) is 0 Å². The number of rotatable bonds is 2. The van der Waals surface area contributed by atoms with Crippen LogP contribution in [0.3, 0.4) is 0 Å². The van der Waals surface area contributed by atoms with Gasteiger partial charge in [-0.25, -0.2) is 0 Å². The maximum absolute atomic E-state index is 5.69. The summed E-state index contributed by atoms with van der Waals surface area (Å²) in [5.41, 5.74) is 5.69. The van der Waals surface area contributed by atoms with Crippen LogP contribution in [0, 0.1) is 0 Å². The number of hydrogen-bond donors (Lipinski definition) is 1. The van der Waals surface area contributed by atoms with Gasteiger partial charge in [0.1, 0.15) is 0 Å². The summed E-state index contributed by atoms with van der Waals surface area (Å²) in [6.45, 7) is 4.18. The van der Waals surface area contributed by atoms with Gasteiger partial charge in [0.05, 0.1) is 0 Å². The molecule has 2 N–H and O–H groups in total. The van der Waals surface area contributed by atoms with Crippen LogP contribution >= 0.6 is 23.7 Å². The predicted molar refractivity (Wildman–Crippen MR) is 53.5 cm³/mol. The Kier molecular flexibility index (Phi) is 4.73. The zero-order chi connectivity index (χ0) is 7.56. The maximum atomic E-state index is 5.69. The molecule has 0 aliphatic heterocycles. The first kappa shape index (κ1) is 11.0. The molecule has 1 nitrogen and oxygen atoms in total. The van der Waals surface area contributed by atoms with Crippen molar-refractivity contribution in [1.29, 1.82) is 0 Å². The summed E-state index contributed by atoms with van der Waals surface area (Å²) in [5, 5.41) is 0. The van der Waals surface area contributed by atoms with Gasteiger partial charge < -0.3 is 5.73 Å². The Morgan fingerprint density at radius 2 is 2.18 bits per heavy atom. The second-order valence-electron chi connectivity index (χ2n) is 2.45. The zero-order valence-electron chi connectivity index (χ0n) is 6.83. The van der Waals surface area contributed by atoms with Gasteiger partial charge in [-0.3, -0.25) is 0 Å². The summed E-state index contributed by atoms with van der Waals surface area (Å²) in [6.07, 6.45) is 1.12. The third-order valence-corrected chi connectivity index (χ3v) is 2.91. The average Bonchev–Trinajstić information content (AvgIpc) is 2.34. The minimum Gasteiger partial charge on any atom is -0.324 e. The average molecular weight is 192 g/mol. The summed E-state index contributed by atoms with van der Waals surface area (Å²) >= 11 is 1.82. The van der Waals surface area contributed by atoms with Gasteiger partial charge in [-0.05, 0) is 25.5 Å². The van der Waals surface area contributed by atoms with Crippen LogP contribution in [-0.4, -0.2) is 0 Å². The van der Waals surface area contributed by atoms with Gasteiger partial charge in [0.2, 0.25) is 0 Å². The molecule has 0 aliphatic rings. The van der Waals surface area contributed by atoms with Crippen molar-refractivity contribution in [1.82, 2.24) is 0 Å². The standard InChI is InChI=1S/C8H13NS.ClH/c1-3-7-4-5-8(10-7)6(2)9;/h4-6H,3,9H2,1-2H3;1H/t6-;/m1./s1. The minimum absolute atomic E-state index is 0. The molecule has 1 aromatic heterocycles. The van der Waals surface area contributed by atoms with E-state index in [1.165, 1.54) is 9.75 Å². The second-order valence-corrected chi connectivity index (χ2v) is 3.65. The molecule has 0 saturated carbocycles. The Morgan fingerprint density at radius 3 is 2.45 bits per heavy atom.